The first-order valence-corrected chi connectivity index (χ1v) is 16.8. The second kappa shape index (κ2) is 10.8. The van der Waals surface area contributed by atoms with E-state index in [2.05, 4.69) is 49.1 Å². The van der Waals surface area contributed by atoms with E-state index in [0.29, 0.717) is 46.9 Å². The SMILES string of the molecule is COc1cc2nc(C)nc(N[C@H](C)c3cccc(C)c3F)c2cc1C1(O)CCC(O[Si](C)(C)C(C)(C)C)CC1. The van der Waals surface area contributed by atoms with Gasteiger partial charge < -0.3 is 19.6 Å². The van der Waals surface area contributed by atoms with Gasteiger partial charge in [0.2, 0.25) is 0 Å². The minimum atomic E-state index is -1.89. The molecule has 0 amide bonds. The van der Waals surface area contributed by atoms with Crippen LogP contribution in [0.2, 0.25) is 18.1 Å². The molecule has 1 fully saturated rings. The first-order valence-electron chi connectivity index (χ1n) is 13.9. The van der Waals surface area contributed by atoms with Gasteiger partial charge in [-0.15, -0.1) is 0 Å². The molecule has 2 aromatic carbocycles. The van der Waals surface area contributed by atoms with Crippen molar-refractivity contribution in [3.8, 4) is 5.75 Å². The first kappa shape index (κ1) is 29.4. The van der Waals surface area contributed by atoms with E-state index >= 15 is 0 Å². The maximum Gasteiger partial charge on any atom is 0.192 e. The van der Waals surface area contributed by atoms with Crippen LogP contribution in [0.4, 0.5) is 10.2 Å². The molecule has 0 spiro atoms. The summed E-state index contributed by atoms with van der Waals surface area (Å²) in [5.74, 6) is 1.59. The molecule has 1 aromatic heterocycles. The van der Waals surface area contributed by atoms with E-state index < -0.39 is 13.9 Å². The highest BCUT2D eigenvalue weighted by Crippen LogP contribution is 2.46. The second-order valence-electron chi connectivity index (χ2n) is 12.6. The Morgan fingerprint density at radius 2 is 1.79 bits per heavy atom. The summed E-state index contributed by atoms with van der Waals surface area (Å²) in [5.41, 5.74) is 1.57. The Morgan fingerprint density at radius 3 is 2.41 bits per heavy atom. The van der Waals surface area contributed by atoms with Crippen molar-refractivity contribution in [2.75, 3.05) is 12.4 Å². The molecule has 2 N–H and O–H groups in total. The summed E-state index contributed by atoms with van der Waals surface area (Å²) >= 11 is 0. The number of rotatable bonds is 7. The van der Waals surface area contributed by atoms with Gasteiger partial charge in [-0.3, -0.25) is 0 Å². The summed E-state index contributed by atoms with van der Waals surface area (Å²) in [6.45, 7) is 16.8. The van der Waals surface area contributed by atoms with Crippen molar-refractivity contribution in [1.82, 2.24) is 9.97 Å². The van der Waals surface area contributed by atoms with Gasteiger partial charge in [0.25, 0.3) is 0 Å². The largest absolute Gasteiger partial charge is 0.496 e. The monoisotopic (exact) mass is 553 g/mol. The summed E-state index contributed by atoms with van der Waals surface area (Å²) in [4.78, 5) is 9.31. The molecule has 1 saturated carbocycles. The summed E-state index contributed by atoms with van der Waals surface area (Å²) in [6, 6.07) is 8.92. The van der Waals surface area contributed by atoms with Crippen molar-refractivity contribution >= 4 is 25.0 Å². The average molecular weight is 554 g/mol. The van der Waals surface area contributed by atoms with Gasteiger partial charge in [0.15, 0.2) is 8.32 Å². The Labute approximate surface area is 233 Å². The van der Waals surface area contributed by atoms with E-state index in [9.17, 15) is 9.50 Å². The van der Waals surface area contributed by atoms with Crippen LogP contribution in [0.5, 0.6) is 5.75 Å². The number of hydrogen-bond donors (Lipinski definition) is 2. The van der Waals surface area contributed by atoms with Crippen LogP contribution in [0.25, 0.3) is 10.9 Å². The Kier molecular flexibility index (Phi) is 8.14. The van der Waals surface area contributed by atoms with Crippen molar-refractivity contribution in [3.63, 3.8) is 0 Å². The number of hydrogen-bond acceptors (Lipinski definition) is 6. The van der Waals surface area contributed by atoms with E-state index in [1.165, 1.54) is 0 Å². The smallest absolute Gasteiger partial charge is 0.192 e. The van der Waals surface area contributed by atoms with Gasteiger partial charge in [-0.2, -0.15) is 0 Å². The molecule has 1 aliphatic carbocycles. The highest BCUT2D eigenvalue weighted by Gasteiger charge is 2.43. The van der Waals surface area contributed by atoms with Crippen molar-refractivity contribution in [2.45, 2.75) is 103 Å². The highest BCUT2D eigenvalue weighted by atomic mass is 28.4. The fourth-order valence-corrected chi connectivity index (χ4v) is 6.67. The lowest BCUT2D eigenvalue weighted by atomic mass is 9.78. The number of nitrogens with zero attached hydrogens (tertiary/aromatic N) is 2. The number of aromatic nitrogens is 2. The fourth-order valence-electron chi connectivity index (χ4n) is 5.25. The number of halogens is 1. The molecule has 212 valence electrons. The molecule has 4 rings (SSSR count). The molecular weight excluding hydrogens is 509 g/mol. The molecule has 0 saturated heterocycles. The lowest BCUT2D eigenvalue weighted by molar-refractivity contribution is -0.0342. The Balaban J connectivity index is 1.66. The number of ether oxygens (including phenoxy) is 1. The van der Waals surface area contributed by atoms with Crippen LogP contribution in [-0.4, -0.2) is 36.6 Å². The van der Waals surface area contributed by atoms with Gasteiger partial charge in [-0.25, -0.2) is 14.4 Å². The van der Waals surface area contributed by atoms with Gasteiger partial charge in [-0.05, 0) is 76.2 Å². The molecule has 0 radical (unpaired) electrons. The molecule has 1 heterocycles. The lowest BCUT2D eigenvalue weighted by Crippen LogP contribution is -2.46. The highest BCUT2D eigenvalue weighted by molar-refractivity contribution is 6.74. The molecule has 0 unspecified atom stereocenters. The number of fused-ring (bicyclic) bond motifs is 1. The summed E-state index contributed by atoms with van der Waals surface area (Å²) in [7, 11) is -0.273. The molecule has 1 atom stereocenters. The maximum absolute atomic E-state index is 14.9. The van der Waals surface area contributed by atoms with Crippen LogP contribution in [0, 0.1) is 19.7 Å². The zero-order chi connectivity index (χ0) is 28.8. The zero-order valence-corrected chi connectivity index (χ0v) is 25.9. The van der Waals surface area contributed by atoms with Gasteiger partial charge in [0.05, 0.1) is 24.3 Å². The summed E-state index contributed by atoms with van der Waals surface area (Å²) < 4.78 is 27.3. The van der Waals surface area contributed by atoms with Crippen molar-refractivity contribution in [3.05, 3.63) is 58.7 Å². The predicted octanol–water partition coefficient (Wildman–Crippen LogP) is 7.72. The number of nitrogens with one attached hydrogen (secondary N) is 1. The van der Waals surface area contributed by atoms with E-state index in [1.807, 2.05) is 32.0 Å². The Hall–Kier alpha value is -2.55. The van der Waals surface area contributed by atoms with E-state index in [4.69, 9.17) is 9.16 Å². The van der Waals surface area contributed by atoms with Crippen LogP contribution in [0.1, 0.15) is 81.9 Å². The summed E-state index contributed by atoms with van der Waals surface area (Å²) in [5, 5.41) is 16.2. The maximum atomic E-state index is 14.9. The molecule has 39 heavy (non-hydrogen) atoms. The van der Waals surface area contributed by atoms with Crippen LogP contribution in [0.15, 0.2) is 30.3 Å². The Morgan fingerprint density at radius 1 is 1.13 bits per heavy atom. The van der Waals surface area contributed by atoms with E-state index in [1.54, 1.807) is 26.2 Å². The first-order chi connectivity index (χ1) is 18.1. The third-order valence-corrected chi connectivity index (χ3v) is 13.2. The quantitative estimate of drug-likeness (QED) is 0.292. The molecule has 0 aliphatic heterocycles. The van der Waals surface area contributed by atoms with Crippen LogP contribution in [0.3, 0.4) is 0 Å². The standard InChI is InChI=1S/C31H44FN3O3Si/c1-19-11-10-12-23(28(19)32)20(2)33-29-24-17-25(27(37-7)18-26(24)34-21(3)35-29)31(36)15-13-22(14-16-31)38-39(8,9)30(4,5)6/h10-12,17-18,20,22,36H,13-16H2,1-9H3,(H,33,34,35)/t20-,22?,31?/m1/s1. The molecule has 6 nitrogen and oxygen atoms in total. The van der Waals surface area contributed by atoms with Crippen LogP contribution >= 0.6 is 0 Å². The minimum absolute atomic E-state index is 0.141. The third-order valence-electron chi connectivity index (χ3n) is 8.70. The number of aliphatic hydroxyl groups is 1. The summed E-state index contributed by atoms with van der Waals surface area (Å²) in [6.07, 6.45) is 2.86. The van der Waals surface area contributed by atoms with Crippen molar-refractivity contribution in [2.24, 2.45) is 0 Å². The van der Waals surface area contributed by atoms with Crippen LogP contribution < -0.4 is 10.1 Å². The number of aryl methyl sites for hydroxylation is 2. The van der Waals surface area contributed by atoms with Crippen LogP contribution in [-0.2, 0) is 10.0 Å². The fraction of sp³-hybridized carbons (Fsp3) is 0.548. The molecule has 8 heteroatoms. The minimum Gasteiger partial charge on any atom is -0.496 e. The lowest BCUT2D eigenvalue weighted by Gasteiger charge is -2.43. The molecule has 0 bridgehead atoms. The second-order valence-corrected chi connectivity index (χ2v) is 17.4. The zero-order valence-electron chi connectivity index (χ0n) is 24.9. The predicted molar refractivity (Wildman–Crippen MR) is 158 cm³/mol. The molecular formula is C31H44FN3O3Si. The van der Waals surface area contributed by atoms with Crippen molar-refractivity contribution in [1.29, 1.82) is 0 Å². The topological polar surface area (TPSA) is 76.5 Å². The van der Waals surface area contributed by atoms with Crippen molar-refractivity contribution < 1.29 is 18.7 Å². The molecule has 1 aliphatic rings. The number of methoxy groups -OCH3 is 1. The van der Waals surface area contributed by atoms with Gasteiger partial charge >= 0.3 is 0 Å². The normalized spacial score (nSPS) is 21.2. The molecule has 3 aromatic rings. The van der Waals surface area contributed by atoms with Gasteiger partial charge in [0, 0.05) is 28.7 Å². The van der Waals surface area contributed by atoms with E-state index in [0.717, 1.165) is 23.8 Å². The van der Waals surface area contributed by atoms with E-state index in [-0.39, 0.29) is 23.0 Å². The van der Waals surface area contributed by atoms with Gasteiger partial charge in [0.1, 0.15) is 23.2 Å². The van der Waals surface area contributed by atoms with Gasteiger partial charge in [-0.1, -0.05) is 39.0 Å². The number of benzene rings is 2. The third kappa shape index (κ3) is 5.98. The Bertz CT molecular complexity index is 1350. The number of anilines is 1. The average Bonchev–Trinajstić information content (AvgIpc) is 2.85.